The molecule has 2 amide bonds. The van der Waals surface area contributed by atoms with Crippen LogP contribution in [0, 0.1) is 5.92 Å². The Morgan fingerprint density at radius 1 is 1.32 bits per heavy atom. The Kier molecular flexibility index (Phi) is 6.05. The summed E-state index contributed by atoms with van der Waals surface area (Å²) >= 11 is 0. The van der Waals surface area contributed by atoms with Crippen LogP contribution in [0.5, 0.6) is 0 Å². The average Bonchev–Trinajstić information content (AvgIpc) is 3.50. The van der Waals surface area contributed by atoms with Crippen molar-refractivity contribution in [3.05, 3.63) is 36.0 Å². The number of carbonyl (C=O) groups is 2. The highest BCUT2D eigenvalue weighted by Crippen LogP contribution is 2.29. The van der Waals surface area contributed by atoms with Crippen LogP contribution in [0.4, 0.5) is 23.1 Å². The first-order chi connectivity index (χ1) is 13.5. The number of amides is 2. The van der Waals surface area contributed by atoms with Crippen LogP contribution < -0.4 is 21.7 Å². The summed E-state index contributed by atoms with van der Waals surface area (Å²) in [5, 5.41) is 9.03. The summed E-state index contributed by atoms with van der Waals surface area (Å²) in [5.74, 6) is 0.518. The van der Waals surface area contributed by atoms with Crippen LogP contribution in [0.2, 0.25) is 0 Å². The Labute approximate surface area is 163 Å². The molecule has 0 radical (unpaired) electrons. The smallest absolute Gasteiger partial charge is 0.254 e. The summed E-state index contributed by atoms with van der Waals surface area (Å²) in [5.41, 5.74) is 6.96. The first-order valence-electron chi connectivity index (χ1n) is 9.07. The Balaban J connectivity index is 1.73. The highest BCUT2D eigenvalue weighted by atomic mass is 16.5. The molecule has 1 aliphatic carbocycles. The number of aromatic nitrogens is 2. The lowest BCUT2D eigenvalue weighted by atomic mass is 10.2. The zero-order valence-corrected chi connectivity index (χ0v) is 15.9. The predicted molar refractivity (Wildman–Crippen MR) is 107 cm³/mol. The average molecular weight is 384 g/mol. The van der Waals surface area contributed by atoms with Crippen molar-refractivity contribution >= 4 is 35.0 Å². The van der Waals surface area contributed by atoms with Crippen molar-refractivity contribution in [2.24, 2.45) is 11.7 Å². The number of rotatable bonds is 9. The predicted octanol–water partition coefficient (Wildman–Crippen LogP) is 2.11. The molecule has 5 N–H and O–H groups in total. The van der Waals surface area contributed by atoms with E-state index in [1.54, 1.807) is 25.1 Å². The second-order valence-corrected chi connectivity index (χ2v) is 6.72. The van der Waals surface area contributed by atoms with Gasteiger partial charge in [-0.2, -0.15) is 4.98 Å². The van der Waals surface area contributed by atoms with E-state index in [1.807, 2.05) is 6.07 Å². The van der Waals surface area contributed by atoms with Gasteiger partial charge in [-0.25, -0.2) is 4.98 Å². The number of primary amides is 1. The highest BCUT2D eigenvalue weighted by Gasteiger charge is 2.22. The van der Waals surface area contributed by atoms with Gasteiger partial charge in [-0.05, 0) is 43.9 Å². The molecule has 28 heavy (non-hydrogen) atoms. The van der Waals surface area contributed by atoms with E-state index in [2.05, 4.69) is 25.9 Å². The zero-order valence-electron chi connectivity index (χ0n) is 15.9. The second-order valence-electron chi connectivity index (χ2n) is 6.72. The molecule has 1 unspecified atom stereocenters. The molecule has 0 saturated heterocycles. The molecule has 9 heteroatoms. The number of anilines is 4. The standard InChI is InChI=1S/C19H24N6O3/c1-11(28-2)18(27)23-13-4-3-5-14(8-13)24-19-22-10-15(16(20)26)17(25-19)21-9-12-6-7-12/h3-5,8,10-12H,6-7,9H2,1-2H3,(H2,20,26)(H,23,27)(H2,21,22,24,25). The van der Waals surface area contributed by atoms with Crippen LogP contribution in [-0.2, 0) is 9.53 Å². The fourth-order valence-electron chi connectivity index (χ4n) is 2.47. The number of benzene rings is 1. The highest BCUT2D eigenvalue weighted by molar-refractivity contribution is 5.97. The molecule has 1 aliphatic rings. The fourth-order valence-corrected chi connectivity index (χ4v) is 2.47. The summed E-state index contributed by atoms with van der Waals surface area (Å²) in [4.78, 5) is 32.1. The number of ether oxygens (including phenoxy) is 1. The summed E-state index contributed by atoms with van der Waals surface area (Å²) in [7, 11) is 1.48. The molecule has 3 rings (SSSR count). The number of methoxy groups -OCH3 is 1. The Bertz CT molecular complexity index is 868. The molecule has 1 fully saturated rings. The summed E-state index contributed by atoms with van der Waals surface area (Å²) in [6.07, 6.45) is 3.20. The summed E-state index contributed by atoms with van der Waals surface area (Å²) in [6.45, 7) is 2.41. The quantitative estimate of drug-likeness (QED) is 0.521. The van der Waals surface area contributed by atoms with Crippen LogP contribution in [0.1, 0.15) is 30.1 Å². The maximum absolute atomic E-state index is 12.0. The normalized spacial score (nSPS) is 14.2. The molecule has 0 aliphatic heterocycles. The minimum absolute atomic E-state index is 0.242. The molecule has 148 valence electrons. The van der Waals surface area contributed by atoms with Crippen LogP contribution in [0.25, 0.3) is 0 Å². The van der Waals surface area contributed by atoms with E-state index in [9.17, 15) is 9.59 Å². The molecule has 2 aromatic rings. The van der Waals surface area contributed by atoms with Crippen molar-refractivity contribution in [1.82, 2.24) is 9.97 Å². The number of nitrogens with one attached hydrogen (secondary N) is 3. The molecule has 1 heterocycles. The number of nitrogens with zero attached hydrogens (tertiary/aromatic N) is 2. The van der Waals surface area contributed by atoms with E-state index >= 15 is 0 Å². The molecular weight excluding hydrogens is 360 g/mol. The SMILES string of the molecule is COC(C)C(=O)Nc1cccc(Nc2ncc(C(N)=O)c(NCC3CC3)n2)c1. The molecular formula is C19H24N6O3. The van der Waals surface area contributed by atoms with E-state index in [-0.39, 0.29) is 11.5 Å². The maximum atomic E-state index is 12.0. The zero-order chi connectivity index (χ0) is 20.1. The van der Waals surface area contributed by atoms with E-state index in [0.29, 0.717) is 29.1 Å². The Morgan fingerprint density at radius 2 is 2.07 bits per heavy atom. The van der Waals surface area contributed by atoms with Crippen molar-refractivity contribution in [2.75, 3.05) is 29.6 Å². The number of nitrogens with two attached hydrogens (primary N) is 1. The van der Waals surface area contributed by atoms with Gasteiger partial charge in [0.05, 0.1) is 5.56 Å². The summed E-state index contributed by atoms with van der Waals surface area (Å²) in [6, 6.07) is 7.13. The van der Waals surface area contributed by atoms with Gasteiger partial charge in [0.15, 0.2) is 0 Å². The van der Waals surface area contributed by atoms with Crippen molar-refractivity contribution in [1.29, 1.82) is 0 Å². The molecule has 0 spiro atoms. The maximum Gasteiger partial charge on any atom is 0.254 e. The second kappa shape index (κ2) is 8.66. The van der Waals surface area contributed by atoms with Crippen molar-refractivity contribution in [2.45, 2.75) is 25.9 Å². The Hall–Kier alpha value is -3.20. The number of hydrogen-bond donors (Lipinski definition) is 4. The molecule has 0 bridgehead atoms. The van der Waals surface area contributed by atoms with E-state index in [4.69, 9.17) is 10.5 Å². The number of hydrogen-bond acceptors (Lipinski definition) is 7. The van der Waals surface area contributed by atoms with Gasteiger partial charge in [-0.3, -0.25) is 9.59 Å². The minimum Gasteiger partial charge on any atom is -0.372 e. The summed E-state index contributed by atoms with van der Waals surface area (Å²) < 4.78 is 5.01. The molecule has 1 aromatic heterocycles. The van der Waals surface area contributed by atoms with Crippen LogP contribution in [-0.4, -0.2) is 41.5 Å². The van der Waals surface area contributed by atoms with Crippen LogP contribution >= 0.6 is 0 Å². The Morgan fingerprint density at radius 3 is 2.75 bits per heavy atom. The monoisotopic (exact) mass is 384 g/mol. The molecule has 1 aromatic carbocycles. The lowest BCUT2D eigenvalue weighted by molar-refractivity contribution is -0.124. The van der Waals surface area contributed by atoms with Crippen molar-refractivity contribution in [3.8, 4) is 0 Å². The largest absolute Gasteiger partial charge is 0.372 e. The third-order valence-corrected chi connectivity index (χ3v) is 4.42. The van der Waals surface area contributed by atoms with E-state index < -0.39 is 12.0 Å². The lowest BCUT2D eigenvalue weighted by Gasteiger charge is -2.13. The van der Waals surface area contributed by atoms with Crippen molar-refractivity contribution < 1.29 is 14.3 Å². The lowest BCUT2D eigenvalue weighted by Crippen LogP contribution is -2.26. The molecule has 9 nitrogen and oxygen atoms in total. The topological polar surface area (TPSA) is 131 Å². The van der Waals surface area contributed by atoms with Gasteiger partial charge in [0, 0.05) is 31.2 Å². The first-order valence-corrected chi connectivity index (χ1v) is 9.07. The van der Waals surface area contributed by atoms with E-state index in [1.165, 1.54) is 26.1 Å². The van der Waals surface area contributed by atoms with Crippen LogP contribution in [0.15, 0.2) is 30.5 Å². The van der Waals surface area contributed by atoms with E-state index in [0.717, 1.165) is 6.54 Å². The third-order valence-electron chi connectivity index (χ3n) is 4.42. The van der Waals surface area contributed by atoms with Gasteiger partial charge in [-0.1, -0.05) is 6.07 Å². The van der Waals surface area contributed by atoms with Gasteiger partial charge in [0.25, 0.3) is 11.8 Å². The first kappa shape index (κ1) is 19.6. The number of carbonyl (C=O) groups excluding carboxylic acids is 2. The van der Waals surface area contributed by atoms with Gasteiger partial charge in [0.1, 0.15) is 11.9 Å². The van der Waals surface area contributed by atoms with Crippen LogP contribution in [0.3, 0.4) is 0 Å². The van der Waals surface area contributed by atoms with Gasteiger partial charge >= 0.3 is 0 Å². The minimum atomic E-state index is -0.582. The molecule has 1 saturated carbocycles. The third kappa shape index (κ3) is 5.17. The van der Waals surface area contributed by atoms with Gasteiger partial charge in [-0.15, -0.1) is 0 Å². The van der Waals surface area contributed by atoms with Gasteiger partial charge < -0.3 is 26.4 Å². The molecule has 1 atom stereocenters. The fraction of sp³-hybridized carbons (Fsp3) is 0.368. The van der Waals surface area contributed by atoms with Crippen molar-refractivity contribution in [3.63, 3.8) is 0 Å². The van der Waals surface area contributed by atoms with Gasteiger partial charge in [0.2, 0.25) is 5.95 Å².